The maximum absolute atomic E-state index is 5.86. The molecule has 0 spiro atoms. The topological polar surface area (TPSA) is 30.5 Å². The molecular formula is C12H17NO2. The van der Waals surface area contributed by atoms with Gasteiger partial charge >= 0.3 is 0 Å². The normalized spacial score (nSPS) is 18.9. The smallest absolute Gasteiger partial charge is 0.142 e. The standard InChI is InChI=1S/C12H17NO2/c1-14-8-4-5-10-9-13-11-6-2-3-7-12(11)15-10/h2-3,6-7,10,13H,4-5,8-9H2,1H3. The average molecular weight is 207 g/mol. The Kier molecular flexibility index (Phi) is 3.45. The van der Waals surface area contributed by atoms with Crippen LogP contribution in [0.3, 0.4) is 0 Å². The molecule has 1 N–H and O–H groups in total. The number of nitrogens with one attached hydrogen (secondary N) is 1. The number of benzene rings is 1. The summed E-state index contributed by atoms with van der Waals surface area (Å²) in [6.45, 7) is 1.70. The highest BCUT2D eigenvalue weighted by Crippen LogP contribution is 2.29. The van der Waals surface area contributed by atoms with Gasteiger partial charge in [-0.05, 0) is 25.0 Å². The highest BCUT2D eigenvalue weighted by atomic mass is 16.5. The molecule has 0 radical (unpaired) electrons. The first-order valence-corrected chi connectivity index (χ1v) is 5.38. The highest BCUT2D eigenvalue weighted by Gasteiger charge is 2.17. The van der Waals surface area contributed by atoms with E-state index in [-0.39, 0.29) is 6.10 Å². The van der Waals surface area contributed by atoms with Crippen LogP contribution in [-0.2, 0) is 4.74 Å². The fourth-order valence-corrected chi connectivity index (χ4v) is 1.78. The van der Waals surface area contributed by atoms with Gasteiger partial charge in [-0.25, -0.2) is 0 Å². The summed E-state index contributed by atoms with van der Waals surface area (Å²) in [5, 5.41) is 3.37. The summed E-state index contributed by atoms with van der Waals surface area (Å²) < 4.78 is 10.9. The molecule has 1 heterocycles. The first kappa shape index (κ1) is 10.3. The van der Waals surface area contributed by atoms with Crippen molar-refractivity contribution in [2.24, 2.45) is 0 Å². The molecule has 3 nitrogen and oxygen atoms in total. The van der Waals surface area contributed by atoms with Gasteiger partial charge in [0.05, 0.1) is 12.2 Å². The molecule has 1 aliphatic heterocycles. The molecule has 3 heteroatoms. The maximum Gasteiger partial charge on any atom is 0.142 e. The number of methoxy groups -OCH3 is 1. The predicted molar refractivity (Wildman–Crippen MR) is 60.5 cm³/mol. The average Bonchev–Trinajstić information content (AvgIpc) is 2.29. The second-order valence-electron chi connectivity index (χ2n) is 3.75. The highest BCUT2D eigenvalue weighted by molar-refractivity contribution is 5.57. The van der Waals surface area contributed by atoms with Crippen LogP contribution in [0.2, 0.25) is 0 Å². The van der Waals surface area contributed by atoms with Crippen LogP contribution in [0.15, 0.2) is 24.3 Å². The van der Waals surface area contributed by atoms with Gasteiger partial charge in [0, 0.05) is 13.7 Å². The summed E-state index contributed by atoms with van der Waals surface area (Å²) in [5.41, 5.74) is 1.10. The minimum absolute atomic E-state index is 0.273. The minimum atomic E-state index is 0.273. The summed E-state index contributed by atoms with van der Waals surface area (Å²) in [6.07, 6.45) is 2.36. The number of ether oxygens (including phenoxy) is 2. The molecular weight excluding hydrogens is 190 g/mol. The van der Waals surface area contributed by atoms with Crippen molar-refractivity contribution in [2.45, 2.75) is 18.9 Å². The van der Waals surface area contributed by atoms with E-state index >= 15 is 0 Å². The Labute approximate surface area is 90.4 Å². The van der Waals surface area contributed by atoms with Crippen LogP contribution in [0.5, 0.6) is 5.75 Å². The van der Waals surface area contributed by atoms with Crippen molar-refractivity contribution in [3.63, 3.8) is 0 Å². The van der Waals surface area contributed by atoms with Gasteiger partial charge in [-0.3, -0.25) is 0 Å². The minimum Gasteiger partial charge on any atom is -0.486 e. The molecule has 1 aromatic carbocycles. The zero-order chi connectivity index (χ0) is 10.5. The number of para-hydroxylation sites is 2. The third kappa shape index (κ3) is 2.63. The molecule has 0 saturated heterocycles. The molecule has 0 aliphatic carbocycles. The Morgan fingerprint density at radius 1 is 1.47 bits per heavy atom. The van der Waals surface area contributed by atoms with Crippen molar-refractivity contribution in [3.8, 4) is 5.75 Å². The SMILES string of the molecule is COCCCC1CNc2ccccc2O1. The summed E-state index contributed by atoms with van der Waals surface area (Å²) >= 11 is 0. The lowest BCUT2D eigenvalue weighted by molar-refractivity contribution is 0.153. The van der Waals surface area contributed by atoms with E-state index in [9.17, 15) is 0 Å². The molecule has 82 valence electrons. The quantitative estimate of drug-likeness (QED) is 0.768. The second kappa shape index (κ2) is 5.03. The van der Waals surface area contributed by atoms with E-state index in [0.717, 1.165) is 37.4 Å². The van der Waals surface area contributed by atoms with Crippen LogP contribution >= 0.6 is 0 Å². The molecule has 0 aromatic heterocycles. The Bertz CT molecular complexity index is 314. The lowest BCUT2D eigenvalue weighted by Crippen LogP contribution is -2.30. The van der Waals surface area contributed by atoms with E-state index in [4.69, 9.17) is 9.47 Å². The van der Waals surface area contributed by atoms with Crippen molar-refractivity contribution >= 4 is 5.69 Å². The lowest BCUT2D eigenvalue weighted by atomic mass is 10.1. The monoisotopic (exact) mass is 207 g/mol. The Hall–Kier alpha value is -1.22. The largest absolute Gasteiger partial charge is 0.486 e. The van der Waals surface area contributed by atoms with Crippen LogP contribution < -0.4 is 10.1 Å². The predicted octanol–water partition coefficient (Wildman–Crippen LogP) is 2.29. The van der Waals surface area contributed by atoms with Crippen LogP contribution in [0.1, 0.15) is 12.8 Å². The first-order valence-electron chi connectivity index (χ1n) is 5.38. The second-order valence-corrected chi connectivity index (χ2v) is 3.75. The number of anilines is 1. The third-order valence-corrected chi connectivity index (χ3v) is 2.58. The fraction of sp³-hybridized carbons (Fsp3) is 0.500. The van der Waals surface area contributed by atoms with Gasteiger partial charge in [0.1, 0.15) is 11.9 Å². The molecule has 15 heavy (non-hydrogen) atoms. The number of fused-ring (bicyclic) bond motifs is 1. The third-order valence-electron chi connectivity index (χ3n) is 2.58. The van der Waals surface area contributed by atoms with E-state index in [0.29, 0.717) is 0 Å². The molecule has 1 aliphatic rings. The molecule has 0 amide bonds. The van der Waals surface area contributed by atoms with E-state index < -0.39 is 0 Å². The van der Waals surface area contributed by atoms with Crippen LogP contribution in [0.4, 0.5) is 5.69 Å². The molecule has 1 atom stereocenters. The number of rotatable bonds is 4. The van der Waals surface area contributed by atoms with Crippen molar-refractivity contribution in [1.29, 1.82) is 0 Å². The van der Waals surface area contributed by atoms with Crippen LogP contribution in [0, 0.1) is 0 Å². The fourth-order valence-electron chi connectivity index (χ4n) is 1.78. The van der Waals surface area contributed by atoms with Gasteiger partial charge in [-0.1, -0.05) is 12.1 Å². The zero-order valence-electron chi connectivity index (χ0n) is 9.03. The molecule has 2 rings (SSSR count). The van der Waals surface area contributed by atoms with Gasteiger partial charge in [-0.15, -0.1) is 0 Å². The Morgan fingerprint density at radius 2 is 2.33 bits per heavy atom. The van der Waals surface area contributed by atoms with E-state index in [1.165, 1.54) is 0 Å². The first-order chi connectivity index (χ1) is 7.40. The molecule has 1 unspecified atom stereocenters. The van der Waals surface area contributed by atoms with Crippen molar-refractivity contribution in [3.05, 3.63) is 24.3 Å². The van der Waals surface area contributed by atoms with Crippen molar-refractivity contribution in [1.82, 2.24) is 0 Å². The lowest BCUT2D eigenvalue weighted by Gasteiger charge is -2.27. The van der Waals surface area contributed by atoms with E-state index in [2.05, 4.69) is 5.32 Å². The molecule has 0 fully saturated rings. The van der Waals surface area contributed by atoms with Crippen molar-refractivity contribution in [2.75, 3.05) is 25.6 Å². The Morgan fingerprint density at radius 3 is 3.20 bits per heavy atom. The summed E-state index contributed by atoms with van der Waals surface area (Å²) in [6, 6.07) is 8.06. The van der Waals surface area contributed by atoms with Crippen LogP contribution in [0.25, 0.3) is 0 Å². The Balaban J connectivity index is 1.88. The molecule has 1 aromatic rings. The van der Waals surface area contributed by atoms with Gasteiger partial charge in [0.2, 0.25) is 0 Å². The molecule has 0 saturated carbocycles. The number of hydrogen-bond donors (Lipinski definition) is 1. The summed E-state index contributed by atoms with van der Waals surface area (Å²) in [5.74, 6) is 0.964. The van der Waals surface area contributed by atoms with Crippen molar-refractivity contribution < 1.29 is 9.47 Å². The van der Waals surface area contributed by atoms with Gasteiger partial charge in [-0.2, -0.15) is 0 Å². The summed E-state index contributed by atoms with van der Waals surface area (Å²) in [7, 11) is 1.73. The van der Waals surface area contributed by atoms with Gasteiger partial charge in [0.15, 0.2) is 0 Å². The van der Waals surface area contributed by atoms with E-state index in [1.807, 2.05) is 24.3 Å². The number of hydrogen-bond acceptors (Lipinski definition) is 3. The molecule has 0 bridgehead atoms. The van der Waals surface area contributed by atoms with Gasteiger partial charge in [0.25, 0.3) is 0 Å². The van der Waals surface area contributed by atoms with Gasteiger partial charge < -0.3 is 14.8 Å². The van der Waals surface area contributed by atoms with E-state index in [1.54, 1.807) is 7.11 Å². The zero-order valence-corrected chi connectivity index (χ0v) is 9.03. The summed E-state index contributed by atoms with van der Waals surface area (Å²) in [4.78, 5) is 0. The van der Waals surface area contributed by atoms with Crippen LogP contribution in [-0.4, -0.2) is 26.4 Å². The maximum atomic E-state index is 5.86.